The first-order valence-corrected chi connectivity index (χ1v) is 7.74. The summed E-state index contributed by atoms with van der Waals surface area (Å²) in [5.74, 6) is 0.456. The standard InChI is InChI=1S/C15H14Br2FNO/c16-12-3-4-15(10(7-12)5-6-19)20-9-11-1-2-13(17)8-14(11)18/h1-4,7-8H,5-6,9,19H2. The van der Waals surface area contributed by atoms with E-state index in [1.807, 2.05) is 18.2 Å². The zero-order valence-corrected chi connectivity index (χ0v) is 13.9. The molecule has 20 heavy (non-hydrogen) atoms. The Balaban J connectivity index is 2.14. The zero-order chi connectivity index (χ0) is 14.5. The van der Waals surface area contributed by atoms with E-state index in [1.54, 1.807) is 12.1 Å². The average Bonchev–Trinajstić information content (AvgIpc) is 2.40. The van der Waals surface area contributed by atoms with Gasteiger partial charge in [-0.25, -0.2) is 4.39 Å². The van der Waals surface area contributed by atoms with Crippen molar-refractivity contribution in [3.63, 3.8) is 0 Å². The van der Waals surface area contributed by atoms with Gasteiger partial charge in [0.1, 0.15) is 18.2 Å². The van der Waals surface area contributed by atoms with Crippen LogP contribution in [0.15, 0.2) is 45.3 Å². The van der Waals surface area contributed by atoms with Gasteiger partial charge in [-0.3, -0.25) is 0 Å². The van der Waals surface area contributed by atoms with Gasteiger partial charge in [0.05, 0.1) is 0 Å². The molecule has 0 radical (unpaired) electrons. The summed E-state index contributed by atoms with van der Waals surface area (Å²) in [5, 5.41) is 0. The van der Waals surface area contributed by atoms with Crippen molar-refractivity contribution in [2.75, 3.05) is 6.54 Å². The number of rotatable bonds is 5. The van der Waals surface area contributed by atoms with Crippen LogP contribution in [0.5, 0.6) is 5.75 Å². The third kappa shape index (κ3) is 4.04. The SMILES string of the molecule is NCCc1cc(Br)ccc1OCc1ccc(Br)cc1F. The second-order valence-electron chi connectivity index (χ2n) is 4.32. The highest BCUT2D eigenvalue weighted by Gasteiger charge is 2.07. The Morgan fingerprint density at radius 1 is 1.00 bits per heavy atom. The number of hydrogen-bond acceptors (Lipinski definition) is 2. The lowest BCUT2D eigenvalue weighted by molar-refractivity contribution is 0.296. The van der Waals surface area contributed by atoms with E-state index in [-0.39, 0.29) is 12.4 Å². The molecule has 2 aromatic rings. The largest absolute Gasteiger partial charge is 0.489 e. The molecule has 0 aliphatic heterocycles. The molecule has 0 atom stereocenters. The van der Waals surface area contributed by atoms with Crippen LogP contribution in [-0.4, -0.2) is 6.54 Å². The molecular weight excluding hydrogens is 389 g/mol. The molecule has 2 aromatic carbocycles. The average molecular weight is 403 g/mol. The fourth-order valence-electron chi connectivity index (χ4n) is 1.83. The second-order valence-corrected chi connectivity index (χ2v) is 6.15. The summed E-state index contributed by atoms with van der Waals surface area (Å²) in [5.41, 5.74) is 7.13. The summed E-state index contributed by atoms with van der Waals surface area (Å²) < 4.78 is 21.1. The van der Waals surface area contributed by atoms with Crippen LogP contribution in [-0.2, 0) is 13.0 Å². The third-order valence-electron chi connectivity index (χ3n) is 2.83. The number of ether oxygens (including phenoxy) is 1. The maximum atomic E-state index is 13.7. The lowest BCUT2D eigenvalue weighted by Crippen LogP contribution is -2.06. The van der Waals surface area contributed by atoms with Gasteiger partial charge >= 0.3 is 0 Å². The van der Waals surface area contributed by atoms with Crippen molar-refractivity contribution in [1.29, 1.82) is 0 Å². The molecule has 2 rings (SSSR count). The van der Waals surface area contributed by atoms with Crippen molar-refractivity contribution in [2.24, 2.45) is 5.73 Å². The van der Waals surface area contributed by atoms with Crippen LogP contribution in [0.1, 0.15) is 11.1 Å². The van der Waals surface area contributed by atoms with Crippen molar-refractivity contribution in [3.05, 3.63) is 62.3 Å². The van der Waals surface area contributed by atoms with E-state index in [2.05, 4.69) is 31.9 Å². The van der Waals surface area contributed by atoms with E-state index in [0.29, 0.717) is 16.6 Å². The van der Waals surface area contributed by atoms with E-state index < -0.39 is 0 Å². The fourth-order valence-corrected chi connectivity index (χ4v) is 2.58. The van der Waals surface area contributed by atoms with Gasteiger partial charge in [-0.05, 0) is 48.9 Å². The highest BCUT2D eigenvalue weighted by molar-refractivity contribution is 9.10. The van der Waals surface area contributed by atoms with Crippen molar-refractivity contribution >= 4 is 31.9 Å². The quantitative estimate of drug-likeness (QED) is 0.802. The molecule has 0 fully saturated rings. The van der Waals surface area contributed by atoms with Gasteiger partial charge in [-0.2, -0.15) is 0 Å². The first-order chi connectivity index (χ1) is 9.60. The summed E-state index contributed by atoms with van der Waals surface area (Å²) in [4.78, 5) is 0. The van der Waals surface area contributed by atoms with Crippen molar-refractivity contribution in [2.45, 2.75) is 13.0 Å². The van der Waals surface area contributed by atoms with Crippen LogP contribution < -0.4 is 10.5 Å². The molecule has 0 amide bonds. The van der Waals surface area contributed by atoms with E-state index in [4.69, 9.17) is 10.5 Å². The van der Waals surface area contributed by atoms with Crippen LogP contribution in [0.4, 0.5) is 4.39 Å². The van der Waals surface area contributed by atoms with Gasteiger partial charge in [0.25, 0.3) is 0 Å². The predicted octanol–water partition coefficient (Wildman–Crippen LogP) is 4.43. The molecule has 0 unspecified atom stereocenters. The van der Waals surface area contributed by atoms with Gasteiger partial charge in [0.2, 0.25) is 0 Å². The Morgan fingerprint density at radius 2 is 1.70 bits per heavy atom. The number of nitrogens with two attached hydrogens (primary N) is 1. The van der Waals surface area contributed by atoms with Crippen LogP contribution in [0.2, 0.25) is 0 Å². The van der Waals surface area contributed by atoms with E-state index in [0.717, 1.165) is 22.2 Å². The smallest absolute Gasteiger partial charge is 0.130 e. The molecule has 0 saturated carbocycles. The Morgan fingerprint density at radius 3 is 2.40 bits per heavy atom. The molecule has 0 spiro atoms. The fraction of sp³-hybridized carbons (Fsp3) is 0.200. The molecule has 2 nitrogen and oxygen atoms in total. The summed E-state index contributed by atoms with van der Waals surface area (Å²) in [6.45, 7) is 0.734. The minimum absolute atomic E-state index is 0.193. The van der Waals surface area contributed by atoms with E-state index in [9.17, 15) is 4.39 Å². The summed E-state index contributed by atoms with van der Waals surface area (Å²) in [6.07, 6.45) is 0.720. The van der Waals surface area contributed by atoms with Gasteiger partial charge in [0, 0.05) is 14.5 Å². The van der Waals surface area contributed by atoms with Crippen LogP contribution in [0.3, 0.4) is 0 Å². The zero-order valence-electron chi connectivity index (χ0n) is 10.7. The predicted molar refractivity (Wildman–Crippen MR) is 85.3 cm³/mol. The Hall–Kier alpha value is -0.910. The highest BCUT2D eigenvalue weighted by atomic mass is 79.9. The third-order valence-corrected chi connectivity index (χ3v) is 3.82. The second kappa shape index (κ2) is 7.20. The molecule has 0 aliphatic rings. The van der Waals surface area contributed by atoms with Crippen molar-refractivity contribution in [1.82, 2.24) is 0 Å². The number of benzene rings is 2. The molecule has 0 aliphatic carbocycles. The maximum absolute atomic E-state index is 13.7. The first kappa shape index (κ1) is 15.5. The molecule has 0 aromatic heterocycles. The summed E-state index contributed by atoms with van der Waals surface area (Å²) in [7, 11) is 0. The van der Waals surface area contributed by atoms with Crippen molar-refractivity contribution in [3.8, 4) is 5.75 Å². The normalized spacial score (nSPS) is 10.6. The molecule has 106 valence electrons. The van der Waals surface area contributed by atoms with Crippen LogP contribution >= 0.6 is 31.9 Å². The minimum Gasteiger partial charge on any atom is -0.489 e. The number of hydrogen-bond donors (Lipinski definition) is 1. The summed E-state index contributed by atoms with van der Waals surface area (Å²) >= 11 is 6.65. The van der Waals surface area contributed by atoms with Crippen LogP contribution in [0, 0.1) is 5.82 Å². The van der Waals surface area contributed by atoms with Gasteiger partial charge in [-0.1, -0.05) is 37.9 Å². The Bertz CT molecular complexity index is 604. The minimum atomic E-state index is -0.281. The highest BCUT2D eigenvalue weighted by Crippen LogP contribution is 2.25. The first-order valence-electron chi connectivity index (χ1n) is 6.15. The van der Waals surface area contributed by atoms with Crippen molar-refractivity contribution < 1.29 is 9.13 Å². The molecule has 5 heteroatoms. The molecular formula is C15H14Br2FNO. The lowest BCUT2D eigenvalue weighted by Gasteiger charge is -2.12. The molecule has 0 saturated heterocycles. The summed E-state index contributed by atoms with van der Waals surface area (Å²) in [6, 6.07) is 10.7. The van der Waals surface area contributed by atoms with E-state index in [1.165, 1.54) is 6.07 Å². The monoisotopic (exact) mass is 401 g/mol. The lowest BCUT2D eigenvalue weighted by atomic mass is 10.1. The van der Waals surface area contributed by atoms with Crippen LogP contribution in [0.25, 0.3) is 0 Å². The van der Waals surface area contributed by atoms with Gasteiger partial charge in [-0.15, -0.1) is 0 Å². The maximum Gasteiger partial charge on any atom is 0.130 e. The molecule has 0 bridgehead atoms. The number of halogens is 3. The molecule has 2 N–H and O–H groups in total. The van der Waals surface area contributed by atoms with Gasteiger partial charge in [0.15, 0.2) is 0 Å². The van der Waals surface area contributed by atoms with Gasteiger partial charge < -0.3 is 10.5 Å². The van der Waals surface area contributed by atoms with E-state index >= 15 is 0 Å². The molecule has 0 heterocycles. The Kier molecular flexibility index (Phi) is 5.57. The topological polar surface area (TPSA) is 35.2 Å². The Labute approximate surface area is 134 Å².